The van der Waals surface area contributed by atoms with Crippen LogP contribution >= 0.6 is 11.8 Å². The summed E-state index contributed by atoms with van der Waals surface area (Å²) in [4.78, 5) is 12.9. The fourth-order valence-electron chi connectivity index (χ4n) is 2.13. The van der Waals surface area contributed by atoms with Crippen molar-refractivity contribution in [2.75, 3.05) is 17.3 Å². The molecule has 4 nitrogen and oxygen atoms in total. The molecule has 1 heterocycles. The molecular weight excluding hydrogens is 294 g/mol. The van der Waals surface area contributed by atoms with Gasteiger partial charge in [0.05, 0.1) is 17.3 Å². The van der Waals surface area contributed by atoms with E-state index in [4.69, 9.17) is 0 Å². The highest BCUT2D eigenvalue weighted by molar-refractivity contribution is 8.00. The van der Waals surface area contributed by atoms with E-state index < -0.39 is 9.84 Å². The number of thioether (sulfide) groups is 1. The molecule has 1 fully saturated rings. The van der Waals surface area contributed by atoms with Crippen LogP contribution in [-0.4, -0.2) is 37.6 Å². The first kappa shape index (κ1) is 15.4. The summed E-state index contributed by atoms with van der Waals surface area (Å²) in [7, 11) is -2.94. The zero-order chi connectivity index (χ0) is 14.8. The Kier molecular flexibility index (Phi) is 4.75. The summed E-state index contributed by atoms with van der Waals surface area (Å²) in [5.74, 6) is 0.476. The molecule has 6 heteroatoms. The lowest BCUT2D eigenvalue weighted by molar-refractivity contribution is -0.119. The summed E-state index contributed by atoms with van der Waals surface area (Å²) in [6, 6.07) is 5.89. The van der Waals surface area contributed by atoms with Crippen LogP contribution < -0.4 is 5.32 Å². The number of rotatable bonds is 4. The Morgan fingerprint density at radius 1 is 1.35 bits per heavy atom. The maximum Gasteiger partial charge on any atom is 0.230 e. The molecule has 1 aromatic rings. The molecule has 2 rings (SSSR count). The third-order valence-electron chi connectivity index (χ3n) is 3.45. The van der Waals surface area contributed by atoms with Crippen molar-refractivity contribution in [3.63, 3.8) is 0 Å². The van der Waals surface area contributed by atoms with Crippen LogP contribution in [0, 0.1) is 13.8 Å². The van der Waals surface area contributed by atoms with E-state index in [1.807, 2.05) is 19.1 Å². The maximum atomic E-state index is 11.8. The van der Waals surface area contributed by atoms with Crippen molar-refractivity contribution in [2.24, 2.45) is 0 Å². The number of hydrogen-bond donors (Lipinski definition) is 1. The molecule has 0 aliphatic carbocycles. The topological polar surface area (TPSA) is 63.2 Å². The van der Waals surface area contributed by atoms with Crippen LogP contribution in [0.2, 0.25) is 0 Å². The largest absolute Gasteiger partial charge is 0.352 e. The molecule has 1 aliphatic rings. The first-order valence-electron chi connectivity index (χ1n) is 6.55. The third kappa shape index (κ3) is 4.24. The van der Waals surface area contributed by atoms with E-state index in [0.717, 1.165) is 4.90 Å². The van der Waals surface area contributed by atoms with Crippen molar-refractivity contribution in [1.82, 2.24) is 5.32 Å². The van der Waals surface area contributed by atoms with Crippen LogP contribution in [0.15, 0.2) is 23.1 Å². The van der Waals surface area contributed by atoms with Crippen molar-refractivity contribution in [3.05, 3.63) is 29.3 Å². The number of hydrogen-bond acceptors (Lipinski definition) is 4. The summed E-state index contributed by atoms with van der Waals surface area (Å²) < 4.78 is 22.6. The average Bonchev–Trinajstić information content (AvgIpc) is 2.70. The summed E-state index contributed by atoms with van der Waals surface area (Å²) in [6.45, 7) is 4.10. The van der Waals surface area contributed by atoms with E-state index in [0.29, 0.717) is 12.2 Å². The molecule has 0 saturated carbocycles. The molecule has 20 heavy (non-hydrogen) atoms. The van der Waals surface area contributed by atoms with Crippen molar-refractivity contribution < 1.29 is 13.2 Å². The highest BCUT2D eigenvalue weighted by Crippen LogP contribution is 2.21. The zero-order valence-electron chi connectivity index (χ0n) is 11.7. The minimum Gasteiger partial charge on any atom is -0.352 e. The molecule has 0 unspecified atom stereocenters. The minimum atomic E-state index is -2.94. The first-order chi connectivity index (χ1) is 9.35. The third-order valence-corrected chi connectivity index (χ3v) is 6.21. The van der Waals surface area contributed by atoms with Gasteiger partial charge < -0.3 is 5.32 Å². The Hall–Kier alpha value is -1.01. The molecule has 1 aromatic carbocycles. The van der Waals surface area contributed by atoms with Gasteiger partial charge in [0.15, 0.2) is 9.84 Å². The van der Waals surface area contributed by atoms with Gasteiger partial charge in [-0.25, -0.2) is 8.42 Å². The van der Waals surface area contributed by atoms with E-state index in [1.165, 1.54) is 22.9 Å². The van der Waals surface area contributed by atoms with Gasteiger partial charge in [0.25, 0.3) is 0 Å². The highest BCUT2D eigenvalue weighted by atomic mass is 32.2. The monoisotopic (exact) mass is 313 g/mol. The van der Waals surface area contributed by atoms with Crippen LogP contribution in [0.5, 0.6) is 0 Å². The Bertz CT molecular complexity index is 611. The van der Waals surface area contributed by atoms with Crippen molar-refractivity contribution in [2.45, 2.75) is 31.2 Å². The Morgan fingerprint density at radius 3 is 2.70 bits per heavy atom. The van der Waals surface area contributed by atoms with Crippen LogP contribution in [0.3, 0.4) is 0 Å². The van der Waals surface area contributed by atoms with E-state index in [9.17, 15) is 13.2 Å². The second-order valence-corrected chi connectivity index (χ2v) is 8.48. The van der Waals surface area contributed by atoms with Crippen LogP contribution in [0.1, 0.15) is 17.5 Å². The van der Waals surface area contributed by atoms with E-state index in [1.54, 1.807) is 0 Å². The molecule has 1 N–H and O–H groups in total. The molecular formula is C14H19NO3S2. The van der Waals surface area contributed by atoms with Gasteiger partial charge in [-0.05, 0) is 43.5 Å². The van der Waals surface area contributed by atoms with Gasteiger partial charge >= 0.3 is 0 Å². The SMILES string of the molecule is Cc1ccc(SCC(=O)N[C@@H]2CCS(=O)(=O)C2)cc1C. The van der Waals surface area contributed by atoms with Crippen molar-refractivity contribution >= 4 is 27.5 Å². The van der Waals surface area contributed by atoms with Gasteiger partial charge in [0.2, 0.25) is 5.91 Å². The Labute approximate surface area is 124 Å². The number of aryl methyl sites for hydroxylation is 2. The number of nitrogens with one attached hydrogen (secondary N) is 1. The van der Waals surface area contributed by atoms with Gasteiger partial charge in [-0.1, -0.05) is 6.07 Å². The number of sulfone groups is 1. The number of carbonyl (C=O) groups is 1. The molecule has 0 bridgehead atoms. The smallest absolute Gasteiger partial charge is 0.230 e. The second-order valence-electron chi connectivity index (χ2n) is 5.20. The maximum absolute atomic E-state index is 11.8. The van der Waals surface area contributed by atoms with Gasteiger partial charge in [-0.15, -0.1) is 11.8 Å². The van der Waals surface area contributed by atoms with Crippen LogP contribution in [0.25, 0.3) is 0 Å². The lowest BCUT2D eigenvalue weighted by Gasteiger charge is -2.10. The molecule has 110 valence electrons. The van der Waals surface area contributed by atoms with E-state index in [2.05, 4.69) is 18.3 Å². The summed E-state index contributed by atoms with van der Waals surface area (Å²) in [5, 5.41) is 2.79. The molecule has 0 radical (unpaired) electrons. The molecule has 0 aromatic heterocycles. The molecule has 1 aliphatic heterocycles. The molecule has 1 atom stereocenters. The number of carbonyl (C=O) groups excluding carboxylic acids is 1. The molecule has 1 amide bonds. The van der Waals surface area contributed by atoms with E-state index >= 15 is 0 Å². The molecule has 0 spiro atoms. The first-order valence-corrected chi connectivity index (χ1v) is 9.36. The predicted molar refractivity (Wildman–Crippen MR) is 81.8 cm³/mol. The van der Waals surface area contributed by atoms with Crippen LogP contribution in [-0.2, 0) is 14.6 Å². The fourth-order valence-corrected chi connectivity index (χ4v) is 4.61. The van der Waals surface area contributed by atoms with Crippen molar-refractivity contribution in [3.8, 4) is 0 Å². The average molecular weight is 313 g/mol. The van der Waals surface area contributed by atoms with Gasteiger partial charge in [0.1, 0.15) is 0 Å². The lowest BCUT2D eigenvalue weighted by atomic mass is 10.1. The molecule has 1 saturated heterocycles. The standard InChI is InChI=1S/C14H19NO3S2/c1-10-3-4-13(7-11(10)2)19-8-14(16)15-12-5-6-20(17,18)9-12/h3-4,7,12H,5-6,8-9H2,1-2H3,(H,15,16)/t12-/m1/s1. The summed E-state index contributed by atoms with van der Waals surface area (Å²) in [6.07, 6.45) is 0.530. The van der Waals surface area contributed by atoms with Gasteiger partial charge in [-0.2, -0.15) is 0 Å². The Balaban J connectivity index is 1.82. The van der Waals surface area contributed by atoms with Crippen molar-refractivity contribution in [1.29, 1.82) is 0 Å². The zero-order valence-corrected chi connectivity index (χ0v) is 13.3. The normalized spacial score (nSPS) is 20.8. The summed E-state index contributed by atoms with van der Waals surface area (Å²) in [5.41, 5.74) is 2.44. The minimum absolute atomic E-state index is 0.0764. The quantitative estimate of drug-likeness (QED) is 0.859. The fraction of sp³-hybridized carbons (Fsp3) is 0.500. The van der Waals surface area contributed by atoms with Crippen LogP contribution in [0.4, 0.5) is 0 Å². The van der Waals surface area contributed by atoms with E-state index in [-0.39, 0.29) is 23.5 Å². The summed E-state index contributed by atoms with van der Waals surface area (Å²) >= 11 is 1.47. The second kappa shape index (κ2) is 6.18. The lowest BCUT2D eigenvalue weighted by Crippen LogP contribution is -2.36. The Morgan fingerprint density at radius 2 is 2.10 bits per heavy atom. The van der Waals surface area contributed by atoms with Gasteiger partial charge in [-0.3, -0.25) is 4.79 Å². The number of benzene rings is 1. The number of amides is 1. The highest BCUT2D eigenvalue weighted by Gasteiger charge is 2.28. The predicted octanol–water partition coefficient (Wildman–Crippen LogP) is 1.70. The van der Waals surface area contributed by atoms with Gasteiger partial charge in [0, 0.05) is 10.9 Å².